The number of carbonyl (C=O) groups excluding carboxylic acids is 1. The predicted octanol–water partition coefficient (Wildman–Crippen LogP) is 2.09. The molecule has 0 heterocycles. The van der Waals surface area contributed by atoms with Crippen LogP contribution in [0, 0.1) is 0 Å². The molecule has 1 aromatic rings. The van der Waals surface area contributed by atoms with Gasteiger partial charge in [-0.25, -0.2) is 0 Å². The van der Waals surface area contributed by atoms with Crippen molar-refractivity contribution < 1.29 is 27.4 Å². The predicted molar refractivity (Wildman–Crippen MR) is 62.2 cm³/mol. The number of amides is 1. The fourth-order valence-electron chi connectivity index (χ4n) is 1.12. The number of likely N-dealkylation sites (N-methyl/N-ethyl adjacent to an activating group) is 1. The SMILES string of the molecule is CN(C)C(=O)COc1ccccc1OCC(F)(F)F. The van der Waals surface area contributed by atoms with E-state index in [1.807, 2.05) is 0 Å². The topological polar surface area (TPSA) is 38.8 Å². The van der Waals surface area contributed by atoms with Crippen LogP contribution in [0.1, 0.15) is 0 Å². The van der Waals surface area contributed by atoms with Gasteiger partial charge in [-0.1, -0.05) is 12.1 Å². The van der Waals surface area contributed by atoms with E-state index in [2.05, 4.69) is 4.74 Å². The molecule has 7 heteroatoms. The second-order valence-corrected chi connectivity index (χ2v) is 3.93. The Labute approximate surface area is 108 Å². The van der Waals surface area contributed by atoms with E-state index < -0.39 is 12.8 Å². The van der Waals surface area contributed by atoms with Crippen molar-refractivity contribution in [2.75, 3.05) is 27.3 Å². The average Bonchev–Trinajstić information content (AvgIpc) is 2.33. The maximum absolute atomic E-state index is 12.1. The Morgan fingerprint density at radius 1 is 1.16 bits per heavy atom. The quantitative estimate of drug-likeness (QED) is 0.827. The van der Waals surface area contributed by atoms with Gasteiger partial charge >= 0.3 is 6.18 Å². The zero-order chi connectivity index (χ0) is 14.5. The summed E-state index contributed by atoms with van der Waals surface area (Å²) in [4.78, 5) is 12.6. The van der Waals surface area contributed by atoms with Crippen molar-refractivity contribution in [3.63, 3.8) is 0 Å². The van der Waals surface area contributed by atoms with Gasteiger partial charge in [-0.15, -0.1) is 0 Å². The minimum absolute atomic E-state index is 0.0496. The number of halogens is 3. The Kier molecular flexibility index (Phi) is 5.02. The van der Waals surface area contributed by atoms with Crippen LogP contribution in [-0.2, 0) is 4.79 Å². The van der Waals surface area contributed by atoms with Crippen LogP contribution < -0.4 is 9.47 Å². The lowest BCUT2D eigenvalue weighted by Gasteiger charge is -2.15. The third-order valence-electron chi connectivity index (χ3n) is 2.09. The van der Waals surface area contributed by atoms with E-state index in [-0.39, 0.29) is 24.0 Å². The fraction of sp³-hybridized carbons (Fsp3) is 0.417. The van der Waals surface area contributed by atoms with E-state index in [1.165, 1.54) is 23.1 Å². The summed E-state index contributed by atoms with van der Waals surface area (Å²) < 4.78 is 46.0. The number of alkyl halides is 3. The smallest absolute Gasteiger partial charge is 0.422 e. The first-order valence-corrected chi connectivity index (χ1v) is 5.41. The lowest BCUT2D eigenvalue weighted by Crippen LogP contribution is -2.27. The van der Waals surface area contributed by atoms with Gasteiger partial charge in [0.25, 0.3) is 5.91 Å². The van der Waals surface area contributed by atoms with E-state index in [0.717, 1.165) is 0 Å². The van der Waals surface area contributed by atoms with Crippen LogP contribution in [0.25, 0.3) is 0 Å². The molecule has 0 spiro atoms. The third kappa shape index (κ3) is 5.50. The molecule has 19 heavy (non-hydrogen) atoms. The number of ether oxygens (including phenoxy) is 2. The molecule has 0 bridgehead atoms. The second-order valence-electron chi connectivity index (χ2n) is 3.93. The van der Waals surface area contributed by atoms with Crippen molar-refractivity contribution >= 4 is 5.91 Å². The van der Waals surface area contributed by atoms with Gasteiger partial charge in [-0.2, -0.15) is 13.2 Å². The summed E-state index contributed by atoms with van der Waals surface area (Å²) in [5.41, 5.74) is 0. The highest BCUT2D eigenvalue weighted by molar-refractivity contribution is 5.77. The summed E-state index contributed by atoms with van der Waals surface area (Å²) in [6.45, 7) is -1.67. The summed E-state index contributed by atoms with van der Waals surface area (Å²) in [6.07, 6.45) is -4.42. The van der Waals surface area contributed by atoms with Crippen molar-refractivity contribution in [1.82, 2.24) is 4.90 Å². The van der Waals surface area contributed by atoms with Crippen LogP contribution >= 0.6 is 0 Å². The molecular weight excluding hydrogens is 263 g/mol. The second kappa shape index (κ2) is 6.31. The van der Waals surface area contributed by atoms with E-state index >= 15 is 0 Å². The van der Waals surface area contributed by atoms with Crippen molar-refractivity contribution in [2.24, 2.45) is 0 Å². The Hall–Kier alpha value is -1.92. The van der Waals surface area contributed by atoms with Gasteiger partial charge in [0.05, 0.1) is 0 Å². The minimum Gasteiger partial charge on any atom is -0.480 e. The fourth-order valence-corrected chi connectivity index (χ4v) is 1.12. The highest BCUT2D eigenvalue weighted by atomic mass is 19.4. The van der Waals surface area contributed by atoms with Crippen LogP contribution in [0.15, 0.2) is 24.3 Å². The summed E-state index contributed by atoms with van der Waals surface area (Å²) in [6, 6.07) is 5.89. The van der Waals surface area contributed by atoms with E-state index in [9.17, 15) is 18.0 Å². The summed E-state index contributed by atoms with van der Waals surface area (Å²) in [5, 5.41) is 0. The molecule has 0 aliphatic rings. The standard InChI is InChI=1S/C12H14F3NO3/c1-16(2)11(17)7-18-9-5-3-4-6-10(9)19-8-12(13,14)15/h3-6H,7-8H2,1-2H3. The lowest BCUT2D eigenvalue weighted by molar-refractivity contribution is -0.153. The lowest BCUT2D eigenvalue weighted by atomic mass is 10.3. The van der Waals surface area contributed by atoms with E-state index in [4.69, 9.17) is 4.74 Å². The largest absolute Gasteiger partial charge is 0.480 e. The molecular formula is C12H14F3NO3. The first-order valence-electron chi connectivity index (χ1n) is 5.41. The van der Waals surface area contributed by atoms with Crippen LogP contribution in [0.3, 0.4) is 0 Å². The zero-order valence-corrected chi connectivity index (χ0v) is 10.5. The molecule has 0 saturated carbocycles. The average molecular weight is 277 g/mol. The Morgan fingerprint density at radius 2 is 1.68 bits per heavy atom. The number of benzene rings is 1. The maximum Gasteiger partial charge on any atom is 0.422 e. The molecule has 0 unspecified atom stereocenters. The highest BCUT2D eigenvalue weighted by Crippen LogP contribution is 2.28. The number of hydrogen-bond donors (Lipinski definition) is 0. The number of para-hydroxylation sites is 2. The molecule has 0 aliphatic carbocycles. The number of rotatable bonds is 5. The molecule has 0 fully saturated rings. The van der Waals surface area contributed by atoms with Gasteiger partial charge < -0.3 is 14.4 Å². The van der Waals surface area contributed by atoms with Crippen molar-refractivity contribution in [3.05, 3.63) is 24.3 Å². The molecule has 1 rings (SSSR count). The summed E-state index contributed by atoms with van der Waals surface area (Å²) in [7, 11) is 3.11. The number of carbonyl (C=O) groups is 1. The summed E-state index contributed by atoms with van der Waals surface area (Å²) >= 11 is 0. The summed E-state index contributed by atoms with van der Waals surface area (Å²) in [5.74, 6) is -0.251. The Morgan fingerprint density at radius 3 is 2.16 bits per heavy atom. The van der Waals surface area contributed by atoms with E-state index in [1.54, 1.807) is 20.2 Å². The molecule has 4 nitrogen and oxygen atoms in total. The molecule has 0 radical (unpaired) electrons. The molecule has 0 atom stereocenters. The Bertz CT molecular complexity index is 432. The van der Waals surface area contributed by atoms with Crippen LogP contribution in [0.2, 0.25) is 0 Å². The molecule has 106 valence electrons. The molecule has 0 aromatic heterocycles. The first kappa shape index (κ1) is 15.1. The van der Waals surface area contributed by atoms with Crippen molar-refractivity contribution in [2.45, 2.75) is 6.18 Å². The number of hydrogen-bond acceptors (Lipinski definition) is 3. The monoisotopic (exact) mass is 277 g/mol. The van der Waals surface area contributed by atoms with Gasteiger partial charge in [0, 0.05) is 14.1 Å². The molecule has 1 aromatic carbocycles. The van der Waals surface area contributed by atoms with Crippen molar-refractivity contribution in [3.8, 4) is 11.5 Å². The van der Waals surface area contributed by atoms with Gasteiger partial charge in [-0.05, 0) is 12.1 Å². The van der Waals surface area contributed by atoms with Crippen LogP contribution in [0.5, 0.6) is 11.5 Å². The van der Waals surface area contributed by atoms with Gasteiger partial charge in [-0.3, -0.25) is 4.79 Å². The van der Waals surface area contributed by atoms with Crippen molar-refractivity contribution in [1.29, 1.82) is 0 Å². The molecule has 1 amide bonds. The van der Waals surface area contributed by atoms with Gasteiger partial charge in [0.2, 0.25) is 0 Å². The molecule has 0 saturated heterocycles. The van der Waals surface area contributed by atoms with E-state index in [0.29, 0.717) is 0 Å². The molecule has 0 aliphatic heterocycles. The van der Waals surface area contributed by atoms with Gasteiger partial charge in [0.1, 0.15) is 0 Å². The van der Waals surface area contributed by atoms with Gasteiger partial charge in [0.15, 0.2) is 24.7 Å². The number of nitrogens with zero attached hydrogens (tertiary/aromatic N) is 1. The maximum atomic E-state index is 12.1. The zero-order valence-electron chi connectivity index (χ0n) is 10.5. The third-order valence-corrected chi connectivity index (χ3v) is 2.09. The normalized spacial score (nSPS) is 11.0. The highest BCUT2D eigenvalue weighted by Gasteiger charge is 2.29. The minimum atomic E-state index is -4.42. The molecule has 0 N–H and O–H groups in total. The van der Waals surface area contributed by atoms with Crippen LogP contribution in [-0.4, -0.2) is 44.3 Å². The van der Waals surface area contributed by atoms with Crippen LogP contribution in [0.4, 0.5) is 13.2 Å². The Balaban J connectivity index is 2.65. The first-order chi connectivity index (χ1) is 8.79.